The monoisotopic (exact) mass is 463 g/mol. The maximum absolute atomic E-state index is 13.2. The fourth-order valence-corrected chi connectivity index (χ4v) is 4.09. The minimum absolute atomic E-state index is 0.0260. The highest BCUT2D eigenvalue weighted by atomic mass is 35.5. The second kappa shape index (κ2) is 9.38. The Kier molecular flexibility index (Phi) is 6.38. The molecule has 0 saturated carbocycles. The third-order valence-corrected chi connectivity index (χ3v) is 5.59. The lowest BCUT2D eigenvalue weighted by molar-refractivity contribution is -0.132. The Balaban J connectivity index is 1.95. The molecule has 0 aromatic heterocycles. The lowest BCUT2D eigenvalue weighted by atomic mass is 9.95. The van der Waals surface area contributed by atoms with Crippen molar-refractivity contribution in [3.05, 3.63) is 94.5 Å². The number of rotatable bonds is 6. The predicted molar refractivity (Wildman–Crippen MR) is 127 cm³/mol. The van der Waals surface area contributed by atoms with E-state index in [1.165, 1.54) is 12.0 Å². The second-order valence-corrected chi connectivity index (χ2v) is 7.82. The molecule has 3 aromatic rings. The van der Waals surface area contributed by atoms with Crippen LogP contribution in [0.15, 0.2) is 78.4 Å². The van der Waals surface area contributed by atoms with E-state index in [2.05, 4.69) is 0 Å². The van der Waals surface area contributed by atoms with Gasteiger partial charge in [0.2, 0.25) is 0 Å². The Morgan fingerprint density at radius 3 is 2.45 bits per heavy atom. The SMILES string of the molecule is CCOc1cccc(C2/C(=C(\O)c3cccc(OC)c3)C(=O)C(=O)N2c2cccc(Cl)c2)c1. The number of Topliss-reactive ketones (excluding diaryl/α,β-unsaturated/α-hetero) is 1. The summed E-state index contributed by atoms with van der Waals surface area (Å²) in [5.41, 5.74) is 1.40. The molecule has 1 N–H and O–H groups in total. The standard InChI is InChI=1S/C26H22ClNO5/c1-3-33-21-12-4-7-16(13-21)23-22(24(29)17-8-5-11-20(14-17)32-2)25(30)26(31)28(23)19-10-6-9-18(27)15-19/h4-15,23,29H,3H2,1-2H3/b24-22+. The first-order chi connectivity index (χ1) is 15.9. The largest absolute Gasteiger partial charge is 0.507 e. The summed E-state index contributed by atoms with van der Waals surface area (Å²) in [6.45, 7) is 2.33. The highest BCUT2D eigenvalue weighted by Gasteiger charge is 2.47. The van der Waals surface area contributed by atoms with E-state index in [1.54, 1.807) is 72.8 Å². The highest BCUT2D eigenvalue weighted by molar-refractivity contribution is 6.51. The molecule has 1 aliphatic rings. The minimum Gasteiger partial charge on any atom is -0.507 e. The van der Waals surface area contributed by atoms with E-state index in [0.717, 1.165) is 0 Å². The Bertz CT molecular complexity index is 1250. The number of ketones is 1. The number of amides is 1. The summed E-state index contributed by atoms with van der Waals surface area (Å²) in [6, 6.07) is 19.6. The first-order valence-corrected chi connectivity index (χ1v) is 10.8. The lowest BCUT2D eigenvalue weighted by Gasteiger charge is -2.26. The number of nitrogens with zero attached hydrogens (tertiary/aromatic N) is 1. The number of carbonyl (C=O) groups excluding carboxylic acids is 2. The van der Waals surface area contributed by atoms with Crippen molar-refractivity contribution in [1.82, 2.24) is 0 Å². The summed E-state index contributed by atoms with van der Waals surface area (Å²) in [4.78, 5) is 27.8. The first-order valence-electron chi connectivity index (χ1n) is 10.4. The van der Waals surface area contributed by atoms with Crippen LogP contribution in [0.5, 0.6) is 11.5 Å². The van der Waals surface area contributed by atoms with Gasteiger partial charge in [-0.3, -0.25) is 14.5 Å². The van der Waals surface area contributed by atoms with Gasteiger partial charge in [0, 0.05) is 16.3 Å². The van der Waals surface area contributed by atoms with E-state index in [1.807, 2.05) is 6.92 Å². The van der Waals surface area contributed by atoms with Gasteiger partial charge >= 0.3 is 0 Å². The van der Waals surface area contributed by atoms with Crippen molar-refractivity contribution < 1.29 is 24.2 Å². The summed E-state index contributed by atoms with van der Waals surface area (Å²) in [5, 5.41) is 11.6. The van der Waals surface area contributed by atoms with Crippen LogP contribution in [0.1, 0.15) is 24.1 Å². The molecule has 1 aliphatic heterocycles. The van der Waals surface area contributed by atoms with Gasteiger partial charge in [-0.1, -0.05) is 41.9 Å². The summed E-state index contributed by atoms with van der Waals surface area (Å²) in [6.07, 6.45) is 0. The Morgan fingerprint density at radius 1 is 1.00 bits per heavy atom. The molecule has 0 radical (unpaired) electrons. The molecule has 6 nitrogen and oxygen atoms in total. The maximum Gasteiger partial charge on any atom is 0.300 e. The zero-order valence-corrected chi connectivity index (χ0v) is 18.9. The van der Waals surface area contributed by atoms with Gasteiger partial charge in [0.25, 0.3) is 11.7 Å². The molecule has 0 spiro atoms. The van der Waals surface area contributed by atoms with Gasteiger partial charge in [-0.05, 0) is 55.0 Å². The molecule has 3 aromatic carbocycles. The van der Waals surface area contributed by atoms with Crippen LogP contribution in [-0.2, 0) is 9.59 Å². The quantitative estimate of drug-likeness (QED) is 0.302. The lowest BCUT2D eigenvalue weighted by Crippen LogP contribution is -2.29. The average Bonchev–Trinajstić information content (AvgIpc) is 3.09. The minimum atomic E-state index is -0.880. The van der Waals surface area contributed by atoms with E-state index < -0.39 is 17.7 Å². The number of methoxy groups -OCH3 is 1. The smallest absolute Gasteiger partial charge is 0.300 e. The van der Waals surface area contributed by atoms with Crippen LogP contribution in [0.25, 0.3) is 5.76 Å². The second-order valence-electron chi connectivity index (χ2n) is 7.39. The van der Waals surface area contributed by atoms with Crippen LogP contribution in [0, 0.1) is 0 Å². The summed E-state index contributed by atoms with van der Waals surface area (Å²) in [7, 11) is 1.51. The van der Waals surface area contributed by atoms with Crippen molar-refractivity contribution in [2.24, 2.45) is 0 Å². The van der Waals surface area contributed by atoms with Crippen molar-refractivity contribution in [3.63, 3.8) is 0 Å². The molecule has 1 unspecified atom stereocenters. The fraction of sp³-hybridized carbons (Fsp3) is 0.154. The normalized spacial score (nSPS) is 17.3. The van der Waals surface area contributed by atoms with Gasteiger partial charge in [-0.2, -0.15) is 0 Å². The van der Waals surface area contributed by atoms with Crippen LogP contribution < -0.4 is 14.4 Å². The Hall–Kier alpha value is -3.77. The number of halogens is 1. The van der Waals surface area contributed by atoms with Crippen molar-refractivity contribution in [2.45, 2.75) is 13.0 Å². The van der Waals surface area contributed by atoms with E-state index in [-0.39, 0.29) is 11.3 Å². The molecule has 1 atom stereocenters. The number of aliphatic hydroxyl groups excluding tert-OH is 1. The van der Waals surface area contributed by atoms with E-state index in [4.69, 9.17) is 21.1 Å². The molecule has 4 rings (SSSR count). The van der Waals surface area contributed by atoms with Gasteiger partial charge in [0.05, 0.1) is 25.3 Å². The summed E-state index contributed by atoms with van der Waals surface area (Å²) < 4.78 is 10.9. The number of anilines is 1. The molecular formula is C26H22ClNO5. The van der Waals surface area contributed by atoms with Gasteiger partial charge in [0.1, 0.15) is 17.3 Å². The topological polar surface area (TPSA) is 76.1 Å². The van der Waals surface area contributed by atoms with Gasteiger partial charge in [0.15, 0.2) is 0 Å². The zero-order chi connectivity index (χ0) is 23.5. The Labute approximate surface area is 196 Å². The van der Waals surface area contributed by atoms with Crippen LogP contribution in [0.2, 0.25) is 5.02 Å². The van der Waals surface area contributed by atoms with Crippen LogP contribution >= 0.6 is 11.6 Å². The van der Waals surface area contributed by atoms with Gasteiger partial charge in [-0.15, -0.1) is 0 Å². The third kappa shape index (κ3) is 4.30. The summed E-state index contributed by atoms with van der Waals surface area (Å²) in [5.74, 6) is -0.731. The molecule has 0 aliphatic carbocycles. The van der Waals surface area contributed by atoms with Gasteiger partial charge < -0.3 is 14.6 Å². The Morgan fingerprint density at radius 2 is 1.73 bits per heavy atom. The van der Waals surface area contributed by atoms with Crippen molar-refractivity contribution in [2.75, 3.05) is 18.6 Å². The number of ether oxygens (including phenoxy) is 2. The van der Waals surface area contributed by atoms with E-state index in [0.29, 0.717) is 39.9 Å². The molecule has 7 heteroatoms. The molecule has 33 heavy (non-hydrogen) atoms. The van der Waals surface area contributed by atoms with Crippen molar-refractivity contribution in [1.29, 1.82) is 0 Å². The van der Waals surface area contributed by atoms with Crippen LogP contribution in [-0.4, -0.2) is 30.5 Å². The number of benzene rings is 3. The average molecular weight is 464 g/mol. The molecule has 0 bridgehead atoms. The highest BCUT2D eigenvalue weighted by Crippen LogP contribution is 2.43. The van der Waals surface area contributed by atoms with Crippen molar-refractivity contribution in [3.8, 4) is 11.5 Å². The molecule has 1 fully saturated rings. The van der Waals surface area contributed by atoms with Crippen LogP contribution in [0.3, 0.4) is 0 Å². The number of aliphatic hydroxyl groups is 1. The number of hydrogen-bond donors (Lipinski definition) is 1. The number of carbonyl (C=O) groups is 2. The fourth-order valence-electron chi connectivity index (χ4n) is 3.91. The predicted octanol–water partition coefficient (Wildman–Crippen LogP) is 5.37. The number of hydrogen-bond acceptors (Lipinski definition) is 5. The zero-order valence-electron chi connectivity index (χ0n) is 18.1. The van der Waals surface area contributed by atoms with E-state index in [9.17, 15) is 14.7 Å². The molecular weight excluding hydrogens is 442 g/mol. The first kappa shape index (κ1) is 22.4. The maximum atomic E-state index is 13.2. The third-order valence-electron chi connectivity index (χ3n) is 5.36. The molecule has 1 amide bonds. The van der Waals surface area contributed by atoms with Gasteiger partial charge in [-0.25, -0.2) is 0 Å². The van der Waals surface area contributed by atoms with Crippen molar-refractivity contribution >= 4 is 34.7 Å². The molecule has 168 valence electrons. The van der Waals surface area contributed by atoms with E-state index >= 15 is 0 Å². The molecule has 1 heterocycles. The van der Waals surface area contributed by atoms with Crippen LogP contribution in [0.4, 0.5) is 5.69 Å². The summed E-state index contributed by atoms with van der Waals surface area (Å²) >= 11 is 6.18. The molecule has 1 saturated heterocycles.